The number of carboxylic acid groups (broad SMARTS) is 1. The number of aryl methyl sites for hydroxylation is 1. The molecule has 0 aliphatic carbocycles. The van der Waals surface area contributed by atoms with Crippen LogP contribution in [0.1, 0.15) is 35.2 Å². The molecule has 1 aromatic carbocycles. The van der Waals surface area contributed by atoms with E-state index in [0.717, 1.165) is 22.0 Å². The number of likely N-dealkylation sites (tertiary alicyclic amines) is 1. The number of halogens is 1. The normalized spacial score (nSPS) is 18.6. The minimum absolute atomic E-state index is 0.0358. The van der Waals surface area contributed by atoms with Crippen molar-refractivity contribution in [2.24, 2.45) is 0 Å². The van der Waals surface area contributed by atoms with Crippen LogP contribution in [-0.4, -0.2) is 34.5 Å². The summed E-state index contributed by atoms with van der Waals surface area (Å²) < 4.78 is 0.950. The molecule has 0 aromatic heterocycles. The lowest BCUT2D eigenvalue weighted by atomic mass is 10.1. The number of benzene rings is 1. The molecule has 5 heteroatoms. The number of carbonyl (C=O) groups is 2. The summed E-state index contributed by atoms with van der Waals surface area (Å²) in [7, 11) is 0. The lowest BCUT2D eigenvalue weighted by Crippen LogP contribution is -2.37. The van der Waals surface area contributed by atoms with Crippen molar-refractivity contribution in [2.75, 3.05) is 6.54 Å². The first-order chi connectivity index (χ1) is 9.00. The fourth-order valence-electron chi connectivity index (χ4n) is 2.48. The summed E-state index contributed by atoms with van der Waals surface area (Å²) in [5.74, 6) is -0.888. The number of nitrogens with zero attached hydrogens (tertiary/aromatic N) is 1. The van der Waals surface area contributed by atoms with Gasteiger partial charge in [0.2, 0.25) is 0 Å². The van der Waals surface area contributed by atoms with Crippen molar-refractivity contribution in [3.63, 3.8) is 0 Å². The first-order valence-corrected chi connectivity index (χ1v) is 7.36. The van der Waals surface area contributed by atoms with Gasteiger partial charge in [-0.25, -0.2) is 0 Å². The van der Waals surface area contributed by atoms with E-state index in [2.05, 4.69) is 22.6 Å². The molecule has 0 radical (unpaired) electrons. The van der Waals surface area contributed by atoms with Crippen molar-refractivity contribution in [3.05, 3.63) is 32.9 Å². The van der Waals surface area contributed by atoms with Crippen molar-refractivity contribution in [2.45, 2.75) is 32.2 Å². The summed E-state index contributed by atoms with van der Waals surface area (Å²) >= 11 is 2.18. The average molecular weight is 373 g/mol. The molecule has 1 heterocycles. The average Bonchev–Trinajstić information content (AvgIpc) is 2.79. The predicted molar refractivity (Wildman–Crippen MR) is 80.2 cm³/mol. The third-order valence-electron chi connectivity index (χ3n) is 3.47. The highest BCUT2D eigenvalue weighted by atomic mass is 127. The van der Waals surface area contributed by atoms with E-state index in [9.17, 15) is 9.59 Å². The maximum Gasteiger partial charge on any atom is 0.305 e. The van der Waals surface area contributed by atoms with E-state index in [1.165, 1.54) is 0 Å². The van der Waals surface area contributed by atoms with Crippen LogP contribution in [0.2, 0.25) is 0 Å². The highest BCUT2D eigenvalue weighted by Gasteiger charge is 2.31. The fraction of sp³-hybridized carbons (Fsp3) is 0.429. The van der Waals surface area contributed by atoms with Crippen LogP contribution in [0.4, 0.5) is 0 Å². The summed E-state index contributed by atoms with van der Waals surface area (Å²) in [6.45, 7) is 2.62. The first kappa shape index (κ1) is 14.3. The van der Waals surface area contributed by atoms with Crippen LogP contribution < -0.4 is 0 Å². The van der Waals surface area contributed by atoms with Crippen LogP contribution >= 0.6 is 22.6 Å². The SMILES string of the molecule is Cc1cccc(C(=O)N2CCCC2CC(=O)O)c1I. The molecule has 2 rings (SSSR count). The number of carbonyl (C=O) groups excluding carboxylic acids is 1. The molecule has 1 aliphatic heterocycles. The van der Waals surface area contributed by atoms with Gasteiger partial charge in [0.05, 0.1) is 12.0 Å². The molecular weight excluding hydrogens is 357 g/mol. The van der Waals surface area contributed by atoms with Gasteiger partial charge in [-0.2, -0.15) is 0 Å². The number of aliphatic carboxylic acids is 1. The number of rotatable bonds is 3. The molecule has 0 bridgehead atoms. The second-order valence-corrected chi connectivity index (χ2v) is 5.91. The van der Waals surface area contributed by atoms with Gasteiger partial charge < -0.3 is 10.0 Å². The van der Waals surface area contributed by atoms with Crippen LogP contribution in [0.5, 0.6) is 0 Å². The molecule has 1 unspecified atom stereocenters. The molecule has 102 valence electrons. The van der Waals surface area contributed by atoms with E-state index >= 15 is 0 Å². The van der Waals surface area contributed by atoms with Gasteiger partial charge in [0.1, 0.15) is 0 Å². The molecule has 1 amide bonds. The van der Waals surface area contributed by atoms with E-state index in [4.69, 9.17) is 5.11 Å². The Morgan fingerprint density at radius 2 is 2.21 bits per heavy atom. The summed E-state index contributed by atoms with van der Waals surface area (Å²) in [4.78, 5) is 25.1. The van der Waals surface area contributed by atoms with Crippen molar-refractivity contribution >= 4 is 34.5 Å². The fourth-order valence-corrected chi connectivity index (χ4v) is 3.07. The summed E-state index contributed by atoms with van der Waals surface area (Å²) in [6, 6.07) is 5.48. The Kier molecular flexibility index (Phi) is 4.44. The van der Waals surface area contributed by atoms with Crippen molar-refractivity contribution in [1.29, 1.82) is 0 Å². The third-order valence-corrected chi connectivity index (χ3v) is 4.90. The Morgan fingerprint density at radius 1 is 1.47 bits per heavy atom. The Morgan fingerprint density at radius 3 is 2.89 bits per heavy atom. The maximum atomic E-state index is 12.5. The molecule has 1 aromatic rings. The largest absolute Gasteiger partial charge is 0.481 e. The van der Waals surface area contributed by atoms with Gasteiger partial charge in [0, 0.05) is 16.2 Å². The lowest BCUT2D eigenvalue weighted by Gasteiger charge is -2.24. The first-order valence-electron chi connectivity index (χ1n) is 6.28. The van der Waals surface area contributed by atoms with Gasteiger partial charge in [-0.15, -0.1) is 0 Å². The van der Waals surface area contributed by atoms with E-state index < -0.39 is 5.97 Å². The topological polar surface area (TPSA) is 57.6 Å². The van der Waals surface area contributed by atoms with Crippen LogP contribution in [0.3, 0.4) is 0 Å². The highest BCUT2D eigenvalue weighted by Crippen LogP contribution is 2.25. The van der Waals surface area contributed by atoms with Crippen molar-refractivity contribution in [3.8, 4) is 0 Å². The number of hydrogen-bond donors (Lipinski definition) is 1. The summed E-state index contributed by atoms with van der Waals surface area (Å²) in [5, 5.41) is 8.90. The van der Waals surface area contributed by atoms with Crippen LogP contribution in [0.25, 0.3) is 0 Å². The molecule has 19 heavy (non-hydrogen) atoms. The molecule has 0 saturated carbocycles. The zero-order chi connectivity index (χ0) is 14.0. The molecule has 1 N–H and O–H groups in total. The lowest BCUT2D eigenvalue weighted by molar-refractivity contribution is -0.137. The number of hydrogen-bond acceptors (Lipinski definition) is 2. The third kappa shape index (κ3) is 3.08. The smallest absolute Gasteiger partial charge is 0.305 e. The minimum Gasteiger partial charge on any atom is -0.481 e. The monoisotopic (exact) mass is 373 g/mol. The van der Waals surface area contributed by atoms with Crippen LogP contribution in [0.15, 0.2) is 18.2 Å². The molecule has 4 nitrogen and oxygen atoms in total. The van der Waals surface area contributed by atoms with E-state index in [0.29, 0.717) is 12.1 Å². The Bertz CT molecular complexity index is 515. The zero-order valence-corrected chi connectivity index (χ0v) is 12.9. The Hall–Kier alpha value is -1.11. The van der Waals surface area contributed by atoms with Gasteiger partial charge in [0.15, 0.2) is 0 Å². The standard InChI is InChI=1S/C14H16INO3/c1-9-4-2-6-11(13(9)15)14(19)16-7-3-5-10(16)8-12(17)18/h2,4,6,10H,3,5,7-8H2,1H3,(H,17,18). The quantitative estimate of drug-likeness (QED) is 0.829. The molecule has 1 aliphatic rings. The van der Waals surface area contributed by atoms with Crippen LogP contribution in [-0.2, 0) is 4.79 Å². The van der Waals surface area contributed by atoms with Gasteiger partial charge in [-0.3, -0.25) is 9.59 Å². The summed E-state index contributed by atoms with van der Waals surface area (Å²) in [5.41, 5.74) is 1.75. The maximum absolute atomic E-state index is 12.5. The Balaban J connectivity index is 2.23. The second kappa shape index (κ2) is 5.90. The molecule has 1 atom stereocenters. The van der Waals surface area contributed by atoms with Gasteiger partial charge in [-0.1, -0.05) is 12.1 Å². The molecule has 1 saturated heterocycles. The van der Waals surface area contributed by atoms with E-state index in [-0.39, 0.29) is 18.4 Å². The molecular formula is C14H16INO3. The molecule has 1 fully saturated rings. The van der Waals surface area contributed by atoms with Gasteiger partial charge >= 0.3 is 5.97 Å². The Labute approximate surface area is 125 Å². The second-order valence-electron chi connectivity index (χ2n) is 4.83. The van der Waals surface area contributed by atoms with E-state index in [1.54, 1.807) is 4.90 Å². The molecule has 0 spiro atoms. The van der Waals surface area contributed by atoms with Gasteiger partial charge in [-0.05, 0) is 54.0 Å². The number of amides is 1. The van der Waals surface area contributed by atoms with E-state index in [1.807, 2.05) is 25.1 Å². The summed E-state index contributed by atoms with van der Waals surface area (Å²) in [6.07, 6.45) is 1.70. The predicted octanol–water partition coefficient (Wildman–Crippen LogP) is 2.68. The highest BCUT2D eigenvalue weighted by molar-refractivity contribution is 14.1. The minimum atomic E-state index is -0.844. The van der Waals surface area contributed by atoms with Gasteiger partial charge in [0.25, 0.3) is 5.91 Å². The van der Waals surface area contributed by atoms with Crippen molar-refractivity contribution in [1.82, 2.24) is 4.90 Å². The van der Waals surface area contributed by atoms with Crippen LogP contribution in [0, 0.1) is 10.5 Å². The zero-order valence-electron chi connectivity index (χ0n) is 10.7. The number of carboxylic acids is 1. The van der Waals surface area contributed by atoms with Crippen molar-refractivity contribution < 1.29 is 14.7 Å².